The Kier molecular flexibility index (Phi) is 3.40. The quantitative estimate of drug-likeness (QED) is 0.691. The Morgan fingerprint density at radius 1 is 1.38 bits per heavy atom. The number of benzene rings is 1. The molecule has 0 heterocycles. The molecule has 0 aromatic heterocycles. The van der Waals surface area contributed by atoms with E-state index in [-0.39, 0.29) is 6.04 Å². The third-order valence-corrected chi connectivity index (χ3v) is 1.97. The maximum atomic E-state index is 7.04. The molecule has 67 valence electrons. The molecule has 0 aliphatic rings. The molecule has 1 aromatic carbocycles. The van der Waals surface area contributed by atoms with Crippen LogP contribution in [0.15, 0.2) is 24.3 Å². The summed E-state index contributed by atoms with van der Waals surface area (Å²) < 4.78 is 0. The van der Waals surface area contributed by atoms with Crippen molar-refractivity contribution in [2.75, 3.05) is 5.32 Å². The number of aryl methyl sites for hydroxylation is 1. The molecule has 1 unspecified atom stereocenters. The van der Waals surface area contributed by atoms with Crippen molar-refractivity contribution in [3.05, 3.63) is 36.3 Å². The minimum atomic E-state index is 0.0303. The Balaban J connectivity index is 2.64. The molecule has 0 aliphatic heterocycles. The standard InChI is InChI=1S/C12H14N/c1-4-11(5-2)13-12-8-6-10(3)7-9-12/h6-9,11,13H,4H2,1,3H3. The molecule has 1 nitrogen and oxygen atoms in total. The number of hydrogen-bond acceptors (Lipinski definition) is 1. The average Bonchev–Trinajstić information content (AvgIpc) is 2.17. The number of nitrogens with one attached hydrogen (secondary N) is 1. The molecule has 1 aromatic rings. The molecule has 0 saturated heterocycles. The van der Waals surface area contributed by atoms with Crippen molar-refractivity contribution >= 4 is 5.69 Å². The fourth-order valence-electron chi connectivity index (χ4n) is 1.09. The van der Waals surface area contributed by atoms with Crippen LogP contribution in [-0.2, 0) is 0 Å². The molecule has 0 spiro atoms. The molecule has 0 amide bonds. The Morgan fingerprint density at radius 3 is 2.46 bits per heavy atom. The van der Waals surface area contributed by atoms with E-state index in [1.165, 1.54) is 5.56 Å². The lowest BCUT2D eigenvalue weighted by Gasteiger charge is -2.11. The second-order valence-corrected chi connectivity index (χ2v) is 3.12. The van der Waals surface area contributed by atoms with E-state index < -0.39 is 0 Å². The highest BCUT2D eigenvalue weighted by Gasteiger charge is 2.00. The van der Waals surface area contributed by atoms with E-state index in [0.717, 1.165) is 12.1 Å². The van der Waals surface area contributed by atoms with E-state index in [1.807, 2.05) is 19.1 Å². The maximum absolute atomic E-state index is 7.04. The van der Waals surface area contributed by atoms with Gasteiger partial charge in [-0.3, -0.25) is 0 Å². The summed E-state index contributed by atoms with van der Waals surface area (Å²) in [6, 6.07) is 8.19. The second-order valence-electron chi connectivity index (χ2n) is 3.12. The van der Waals surface area contributed by atoms with Gasteiger partial charge in [-0.25, -0.2) is 0 Å². The van der Waals surface area contributed by atoms with E-state index in [9.17, 15) is 0 Å². The summed E-state index contributed by atoms with van der Waals surface area (Å²) in [6.07, 6.45) is 7.93. The second kappa shape index (κ2) is 4.57. The van der Waals surface area contributed by atoms with Crippen molar-refractivity contribution in [3.8, 4) is 5.92 Å². The van der Waals surface area contributed by atoms with Crippen LogP contribution in [0.25, 0.3) is 0 Å². The van der Waals surface area contributed by atoms with E-state index >= 15 is 0 Å². The van der Waals surface area contributed by atoms with Crippen molar-refractivity contribution in [1.82, 2.24) is 0 Å². The van der Waals surface area contributed by atoms with Gasteiger partial charge in [0.15, 0.2) is 0 Å². The van der Waals surface area contributed by atoms with Crippen molar-refractivity contribution < 1.29 is 0 Å². The summed E-state index contributed by atoms with van der Waals surface area (Å²) in [5, 5.41) is 3.21. The van der Waals surface area contributed by atoms with Gasteiger partial charge in [-0.2, -0.15) is 0 Å². The molecule has 0 saturated carbocycles. The molecular weight excluding hydrogens is 158 g/mol. The Hall–Kier alpha value is -1.42. The lowest BCUT2D eigenvalue weighted by atomic mass is 10.2. The van der Waals surface area contributed by atoms with Gasteiger partial charge in [0, 0.05) is 5.69 Å². The minimum absolute atomic E-state index is 0.0303. The summed E-state index contributed by atoms with van der Waals surface area (Å²) in [5.74, 6) is 2.45. The maximum Gasteiger partial charge on any atom is 0.0884 e. The van der Waals surface area contributed by atoms with Gasteiger partial charge < -0.3 is 5.32 Å². The van der Waals surface area contributed by atoms with Crippen LogP contribution in [0.5, 0.6) is 0 Å². The van der Waals surface area contributed by atoms with E-state index in [0.29, 0.717) is 0 Å². The van der Waals surface area contributed by atoms with Crippen LogP contribution < -0.4 is 5.32 Å². The molecule has 0 fully saturated rings. The van der Waals surface area contributed by atoms with Gasteiger partial charge in [0.05, 0.1) is 6.04 Å². The zero-order valence-electron chi connectivity index (χ0n) is 8.09. The first-order chi connectivity index (χ1) is 6.26. The van der Waals surface area contributed by atoms with Crippen molar-refractivity contribution in [3.63, 3.8) is 0 Å². The van der Waals surface area contributed by atoms with Crippen molar-refractivity contribution in [2.24, 2.45) is 0 Å². The third kappa shape index (κ3) is 2.83. The van der Waals surface area contributed by atoms with Crippen LogP contribution in [0, 0.1) is 19.3 Å². The summed E-state index contributed by atoms with van der Waals surface area (Å²) >= 11 is 0. The first kappa shape index (κ1) is 9.67. The smallest absolute Gasteiger partial charge is 0.0884 e. The highest BCUT2D eigenvalue weighted by atomic mass is 14.9. The Labute approximate surface area is 80.2 Å². The Bertz CT molecular complexity index is 292. The first-order valence-corrected chi connectivity index (χ1v) is 4.51. The molecule has 1 atom stereocenters. The van der Waals surface area contributed by atoms with Crippen LogP contribution in [0.1, 0.15) is 18.9 Å². The van der Waals surface area contributed by atoms with Gasteiger partial charge in [0.1, 0.15) is 0 Å². The van der Waals surface area contributed by atoms with Gasteiger partial charge in [-0.1, -0.05) is 30.5 Å². The zero-order valence-corrected chi connectivity index (χ0v) is 8.09. The summed E-state index contributed by atoms with van der Waals surface area (Å²) in [4.78, 5) is 0. The predicted octanol–water partition coefficient (Wildman–Crippen LogP) is 2.78. The molecule has 1 heteroatoms. The lowest BCUT2D eigenvalue weighted by molar-refractivity contribution is 0.856. The van der Waals surface area contributed by atoms with Crippen LogP contribution in [0.4, 0.5) is 5.69 Å². The van der Waals surface area contributed by atoms with Crippen molar-refractivity contribution in [2.45, 2.75) is 26.3 Å². The SMILES string of the molecule is [C]#CC(CC)Nc1ccc(C)cc1. The number of anilines is 1. The summed E-state index contributed by atoms with van der Waals surface area (Å²) in [6.45, 7) is 4.09. The predicted molar refractivity (Wildman–Crippen MR) is 56.0 cm³/mol. The molecular formula is C12H14N. The van der Waals surface area contributed by atoms with Crippen LogP contribution in [0.2, 0.25) is 0 Å². The fraction of sp³-hybridized carbons (Fsp3) is 0.333. The van der Waals surface area contributed by atoms with E-state index in [2.05, 4.69) is 30.3 Å². The summed E-state index contributed by atoms with van der Waals surface area (Å²) in [7, 11) is 0. The van der Waals surface area contributed by atoms with Gasteiger partial charge in [-0.15, -0.1) is 0 Å². The number of rotatable bonds is 3. The Morgan fingerprint density at radius 2 is 2.00 bits per heavy atom. The van der Waals surface area contributed by atoms with Gasteiger partial charge >= 0.3 is 0 Å². The lowest BCUT2D eigenvalue weighted by Crippen LogP contribution is -2.15. The molecule has 1 N–H and O–H groups in total. The summed E-state index contributed by atoms with van der Waals surface area (Å²) in [5.41, 5.74) is 2.30. The molecule has 1 radical (unpaired) electrons. The molecule has 1 rings (SSSR count). The van der Waals surface area contributed by atoms with Crippen molar-refractivity contribution in [1.29, 1.82) is 0 Å². The highest BCUT2D eigenvalue weighted by Crippen LogP contribution is 2.10. The third-order valence-electron chi connectivity index (χ3n) is 1.97. The largest absolute Gasteiger partial charge is 0.372 e. The normalized spacial score (nSPS) is 11.8. The highest BCUT2D eigenvalue weighted by molar-refractivity contribution is 5.46. The molecule has 0 aliphatic carbocycles. The zero-order chi connectivity index (χ0) is 9.68. The average molecular weight is 172 g/mol. The van der Waals surface area contributed by atoms with Crippen LogP contribution in [-0.4, -0.2) is 6.04 Å². The van der Waals surface area contributed by atoms with Gasteiger partial charge in [0.25, 0.3) is 0 Å². The van der Waals surface area contributed by atoms with Gasteiger partial charge in [0.2, 0.25) is 0 Å². The van der Waals surface area contributed by atoms with Crippen LogP contribution >= 0.6 is 0 Å². The topological polar surface area (TPSA) is 12.0 Å². The molecule has 0 bridgehead atoms. The fourth-order valence-corrected chi connectivity index (χ4v) is 1.09. The minimum Gasteiger partial charge on any atom is -0.372 e. The van der Waals surface area contributed by atoms with Crippen LogP contribution in [0.3, 0.4) is 0 Å². The van der Waals surface area contributed by atoms with E-state index in [1.54, 1.807) is 0 Å². The van der Waals surface area contributed by atoms with Gasteiger partial charge in [-0.05, 0) is 31.9 Å². The number of hydrogen-bond donors (Lipinski definition) is 1. The van der Waals surface area contributed by atoms with E-state index in [4.69, 9.17) is 6.42 Å². The first-order valence-electron chi connectivity index (χ1n) is 4.51. The monoisotopic (exact) mass is 172 g/mol. The molecule has 13 heavy (non-hydrogen) atoms.